The third kappa shape index (κ3) is 5.28. The molecule has 0 amide bonds. The SMILES string of the molecule is COc1ccc(Cc2nccc(-c3ccc(C#N)c(OCc4ccccc4)c3)n2)cc1OC. The van der Waals surface area contributed by atoms with Gasteiger partial charge in [-0.05, 0) is 41.5 Å². The van der Waals surface area contributed by atoms with Gasteiger partial charge in [-0.1, -0.05) is 42.5 Å². The summed E-state index contributed by atoms with van der Waals surface area (Å²) in [5.74, 6) is 2.55. The van der Waals surface area contributed by atoms with Crippen molar-refractivity contribution in [3.63, 3.8) is 0 Å². The van der Waals surface area contributed by atoms with E-state index in [-0.39, 0.29) is 0 Å². The van der Waals surface area contributed by atoms with Crippen LogP contribution in [0.15, 0.2) is 79.0 Å². The van der Waals surface area contributed by atoms with Gasteiger partial charge in [-0.15, -0.1) is 0 Å². The van der Waals surface area contributed by atoms with E-state index in [9.17, 15) is 5.26 Å². The lowest BCUT2D eigenvalue weighted by Gasteiger charge is -2.11. The number of methoxy groups -OCH3 is 2. The van der Waals surface area contributed by atoms with Gasteiger partial charge in [-0.3, -0.25) is 0 Å². The highest BCUT2D eigenvalue weighted by Gasteiger charge is 2.11. The van der Waals surface area contributed by atoms with E-state index in [1.165, 1.54) is 0 Å². The van der Waals surface area contributed by atoms with Crippen molar-refractivity contribution in [2.24, 2.45) is 0 Å². The maximum absolute atomic E-state index is 9.49. The zero-order valence-electron chi connectivity index (χ0n) is 18.5. The Morgan fingerprint density at radius 3 is 2.39 bits per heavy atom. The molecule has 0 fully saturated rings. The maximum atomic E-state index is 9.49. The molecule has 0 N–H and O–H groups in total. The number of aromatic nitrogens is 2. The minimum atomic E-state index is 0.382. The van der Waals surface area contributed by atoms with Gasteiger partial charge in [0.1, 0.15) is 24.3 Å². The average Bonchev–Trinajstić information content (AvgIpc) is 2.88. The smallest absolute Gasteiger partial charge is 0.161 e. The molecule has 0 unspecified atom stereocenters. The van der Waals surface area contributed by atoms with Crippen LogP contribution >= 0.6 is 0 Å². The van der Waals surface area contributed by atoms with Crippen LogP contribution in [0, 0.1) is 11.3 Å². The van der Waals surface area contributed by atoms with Crippen molar-refractivity contribution >= 4 is 0 Å². The number of rotatable bonds is 8. The summed E-state index contributed by atoms with van der Waals surface area (Å²) in [4.78, 5) is 9.15. The van der Waals surface area contributed by atoms with E-state index in [1.54, 1.807) is 26.5 Å². The van der Waals surface area contributed by atoms with Crippen LogP contribution in [-0.4, -0.2) is 24.2 Å². The van der Waals surface area contributed by atoms with Gasteiger partial charge >= 0.3 is 0 Å². The fourth-order valence-electron chi connectivity index (χ4n) is 3.45. The molecule has 4 aromatic rings. The first kappa shape index (κ1) is 21.8. The number of nitriles is 1. The molecular weight excluding hydrogens is 414 g/mol. The minimum absolute atomic E-state index is 0.382. The molecule has 0 aliphatic rings. The van der Waals surface area contributed by atoms with Gasteiger partial charge in [0.15, 0.2) is 11.5 Å². The fraction of sp³-hybridized carbons (Fsp3) is 0.148. The predicted molar refractivity (Wildman–Crippen MR) is 125 cm³/mol. The quantitative estimate of drug-likeness (QED) is 0.377. The van der Waals surface area contributed by atoms with Crippen molar-refractivity contribution in [1.29, 1.82) is 5.26 Å². The second kappa shape index (κ2) is 10.3. The van der Waals surface area contributed by atoms with Gasteiger partial charge < -0.3 is 14.2 Å². The van der Waals surface area contributed by atoms with E-state index in [0.717, 1.165) is 22.4 Å². The normalized spacial score (nSPS) is 10.3. The van der Waals surface area contributed by atoms with Crippen LogP contribution < -0.4 is 14.2 Å². The summed E-state index contributed by atoms with van der Waals surface area (Å²) in [7, 11) is 3.22. The lowest BCUT2D eigenvalue weighted by Crippen LogP contribution is -2.00. The van der Waals surface area contributed by atoms with Crippen molar-refractivity contribution in [3.8, 4) is 34.6 Å². The Bertz CT molecular complexity index is 1280. The van der Waals surface area contributed by atoms with Gasteiger partial charge in [0.2, 0.25) is 0 Å². The standard InChI is InChI=1S/C27H23N3O3/c1-31-24-11-8-20(14-26(24)32-2)15-27-29-13-12-23(30-27)21-9-10-22(17-28)25(16-21)33-18-19-6-4-3-5-7-19/h3-14,16H,15,18H2,1-2H3. The van der Waals surface area contributed by atoms with Gasteiger partial charge in [0, 0.05) is 18.2 Å². The van der Waals surface area contributed by atoms with Crippen molar-refractivity contribution in [3.05, 3.63) is 102 Å². The van der Waals surface area contributed by atoms with Crippen molar-refractivity contribution in [2.45, 2.75) is 13.0 Å². The summed E-state index contributed by atoms with van der Waals surface area (Å²) in [5, 5.41) is 9.49. The third-order valence-electron chi connectivity index (χ3n) is 5.15. The van der Waals surface area contributed by atoms with Gasteiger partial charge in [0.25, 0.3) is 0 Å². The van der Waals surface area contributed by atoms with Crippen LogP contribution in [0.5, 0.6) is 17.2 Å². The van der Waals surface area contributed by atoms with Crippen LogP contribution in [0.2, 0.25) is 0 Å². The van der Waals surface area contributed by atoms with Crippen LogP contribution in [0.1, 0.15) is 22.5 Å². The molecule has 6 heteroatoms. The molecule has 0 spiro atoms. The first-order valence-electron chi connectivity index (χ1n) is 10.4. The van der Waals surface area contributed by atoms with E-state index >= 15 is 0 Å². The van der Waals surface area contributed by atoms with Gasteiger partial charge in [-0.25, -0.2) is 9.97 Å². The highest BCUT2D eigenvalue weighted by atomic mass is 16.5. The fourth-order valence-corrected chi connectivity index (χ4v) is 3.45. The number of nitrogens with zero attached hydrogens (tertiary/aromatic N) is 3. The summed E-state index contributed by atoms with van der Waals surface area (Å²) >= 11 is 0. The lowest BCUT2D eigenvalue weighted by atomic mass is 10.1. The summed E-state index contributed by atoms with van der Waals surface area (Å²) in [6, 6.07) is 25.1. The molecule has 0 atom stereocenters. The Morgan fingerprint density at radius 2 is 1.64 bits per heavy atom. The van der Waals surface area contributed by atoms with Crippen LogP contribution in [0.3, 0.4) is 0 Å². The van der Waals surface area contributed by atoms with Crippen molar-refractivity contribution in [2.75, 3.05) is 14.2 Å². The molecule has 164 valence electrons. The number of ether oxygens (including phenoxy) is 3. The lowest BCUT2D eigenvalue weighted by molar-refractivity contribution is 0.305. The molecular formula is C27H23N3O3. The Labute approximate surface area is 193 Å². The number of benzene rings is 3. The summed E-state index contributed by atoms with van der Waals surface area (Å²) in [6.45, 7) is 0.382. The van der Waals surface area contributed by atoms with Crippen molar-refractivity contribution < 1.29 is 14.2 Å². The molecule has 4 rings (SSSR count). The first-order chi connectivity index (χ1) is 16.2. The summed E-state index contributed by atoms with van der Waals surface area (Å²) in [6.07, 6.45) is 2.28. The van der Waals surface area contributed by atoms with E-state index in [2.05, 4.69) is 11.1 Å². The molecule has 1 heterocycles. The Hall–Kier alpha value is -4.37. The molecule has 0 saturated carbocycles. The maximum Gasteiger partial charge on any atom is 0.161 e. The largest absolute Gasteiger partial charge is 0.493 e. The highest BCUT2D eigenvalue weighted by Crippen LogP contribution is 2.29. The zero-order valence-corrected chi connectivity index (χ0v) is 18.5. The molecule has 0 bridgehead atoms. The second-order valence-corrected chi connectivity index (χ2v) is 7.32. The Morgan fingerprint density at radius 1 is 0.818 bits per heavy atom. The zero-order chi connectivity index (χ0) is 23.0. The van der Waals surface area contributed by atoms with Gasteiger partial charge in [0.05, 0.1) is 25.5 Å². The number of hydrogen-bond donors (Lipinski definition) is 0. The minimum Gasteiger partial charge on any atom is -0.493 e. The van der Waals surface area contributed by atoms with Crippen LogP contribution in [0.4, 0.5) is 0 Å². The van der Waals surface area contributed by atoms with E-state index in [1.807, 2.05) is 66.7 Å². The molecule has 0 aliphatic carbocycles. The summed E-state index contributed by atoms with van der Waals surface area (Å²) < 4.78 is 16.7. The molecule has 1 aromatic heterocycles. The third-order valence-corrected chi connectivity index (χ3v) is 5.15. The van der Waals surface area contributed by atoms with Crippen molar-refractivity contribution in [1.82, 2.24) is 9.97 Å². The predicted octanol–water partition coefficient (Wildman–Crippen LogP) is 5.20. The second-order valence-electron chi connectivity index (χ2n) is 7.32. The van der Waals surface area contributed by atoms with Crippen LogP contribution in [0.25, 0.3) is 11.3 Å². The monoisotopic (exact) mass is 437 g/mol. The van der Waals surface area contributed by atoms with E-state index < -0.39 is 0 Å². The van der Waals surface area contributed by atoms with E-state index in [0.29, 0.717) is 41.7 Å². The molecule has 6 nitrogen and oxygen atoms in total. The van der Waals surface area contributed by atoms with Crippen LogP contribution in [-0.2, 0) is 13.0 Å². The number of hydrogen-bond acceptors (Lipinski definition) is 6. The van der Waals surface area contributed by atoms with E-state index in [4.69, 9.17) is 19.2 Å². The molecule has 0 radical (unpaired) electrons. The molecule has 3 aromatic carbocycles. The molecule has 33 heavy (non-hydrogen) atoms. The Kier molecular flexibility index (Phi) is 6.81. The van der Waals surface area contributed by atoms with Gasteiger partial charge in [-0.2, -0.15) is 5.26 Å². The molecule has 0 saturated heterocycles. The summed E-state index contributed by atoms with van der Waals surface area (Å²) in [5.41, 5.74) is 4.14. The average molecular weight is 437 g/mol. The highest BCUT2D eigenvalue weighted by molar-refractivity contribution is 5.64. The first-order valence-corrected chi connectivity index (χ1v) is 10.4. The molecule has 0 aliphatic heterocycles. The Balaban J connectivity index is 1.57. The topological polar surface area (TPSA) is 77.3 Å².